The molecule has 3 rings (SSSR count). The van der Waals surface area contributed by atoms with Crippen LogP contribution in [-0.4, -0.2) is 11.0 Å². The Kier molecular flexibility index (Phi) is 3.43. The molecule has 0 radical (unpaired) electrons. The fourth-order valence-corrected chi connectivity index (χ4v) is 2.99. The molecule has 18 heavy (non-hydrogen) atoms. The van der Waals surface area contributed by atoms with E-state index in [4.69, 9.17) is 0 Å². The predicted molar refractivity (Wildman–Crippen MR) is 75.9 cm³/mol. The molecular weight excluding hydrogens is 240 g/mol. The molecule has 2 nitrogen and oxygen atoms in total. The summed E-state index contributed by atoms with van der Waals surface area (Å²) >= 11 is 1.77. The highest BCUT2D eigenvalue weighted by Gasteiger charge is 2.26. The topological polar surface area (TPSA) is 24.9 Å². The molecule has 1 heterocycles. The van der Waals surface area contributed by atoms with Crippen LogP contribution in [0.15, 0.2) is 35.7 Å². The highest BCUT2D eigenvalue weighted by Crippen LogP contribution is 2.28. The van der Waals surface area contributed by atoms with Crippen molar-refractivity contribution in [1.82, 2.24) is 10.3 Å². The van der Waals surface area contributed by atoms with E-state index < -0.39 is 0 Å². The van der Waals surface area contributed by atoms with Crippen LogP contribution >= 0.6 is 11.3 Å². The summed E-state index contributed by atoms with van der Waals surface area (Å²) in [6.45, 7) is 2.07. The maximum absolute atomic E-state index is 4.64. The highest BCUT2D eigenvalue weighted by molar-refractivity contribution is 7.09. The molecule has 0 aliphatic heterocycles. The molecule has 1 aliphatic carbocycles. The smallest absolute Gasteiger partial charge is 0.110 e. The van der Waals surface area contributed by atoms with Gasteiger partial charge in [-0.05, 0) is 31.7 Å². The van der Waals surface area contributed by atoms with Crippen LogP contribution in [0.25, 0.3) is 0 Å². The van der Waals surface area contributed by atoms with E-state index in [2.05, 4.69) is 52.9 Å². The number of nitrogens with zero attached hydrogens (tertiary/aromatic N) is 1. The number of rotatable bonds is 5. The molecule has 94 valence electrons. The second kappa shape index (κ2) is 5.21. The summed E-state index contributed by atoms with van der Waals surface area (Å²) in [6.07, 6.45) is 3.66. The largest absolute Gasteiger partial charge is 0.305 e. The lowest BCUT2D eigenvalue weighted by Crippen LogP contribution is -2.25. The van der Waals surface area contributed by atoms with Gasteiger partial charge in [0.25, 0.3) is 0 Å². The summed E-state index contributed by atoms with van der Waals surface area (Å²) < 4.78 is 0. The van der Waals surface area contributed by atoms with Crippen LogP contribution in [0.5, 0.6) is 0 Å². The third-order valence-electron chi connectivity index (χ3n) is 3.23. The molecule has 1 atom stereocenters. The minimum absolute atomic E-state index is 0.374. The Bertz CT molecular complexity index is 502. The third kappa shape index (κ3) is 2.98. The van der Waals surface area contributed by atoms with Gasteiger partial charge in [0, 0.05) is 17.1 Å². The average Bonchev–Trinajstić information content (AvgIpc) is 3.10. The summed E-state index contributed by atoms with van der Waals surface area (Å²) in [5.41, 5.74) is 2.51. The highest BCUT2D eigenvalue weighted by atomic mass is 32.1. The zero-order chi connectivity index (χ0) is 12.4. The molecule has 3 heteroatoms. The van der Waals surface area contributed by atoms with E-state index in [9.17, 15) is 0 Å². The summed E-state index contributed by atoms with van der Waals surface area (Å²) in [7, 11) is 0. The van der Waals surface area contributed by atoms with E-state index in [0.29, 0.717) is 12.1 Å². The van der Waals surface area contributed by atoms with Crippen molar-refractivity contribution in [3.05, 3.63) is 52.0 Å². The van der Waals surface area contributed by atoms with Crippen LogP contribution in [0, 0.1) is 6.92 Å². The number of aryl methyl sites for hydroxylation is 1. The standard InChI is InChI=1S/C15H18N2S/c1-11-10-18-15(16-11)14(17-13-7-8-13)9-12-5-3-2-4-6-12/h2-6,10,13-14,17H,7-9H2,1H3. The number of hydrogen-bond acceptors (Lipinski definition) is 3. The Labute approximate surface area is 112 Å². The molecule has 0 bridgehead atoms. The first-order valence-corrected chi connectivity index (χ1v) is 7.41. The van der Waals surface area contributed by atoms with E-state index >= 15 is 0 Å². The van der Waals surface area contributed by atoms with Crippen molar-refractivity contribution < 1.29 is 0 Å². The van der Waals surface area contributed by atoms with Gasteiger partial charge in [-0.3, -0.25) is 0 Å². The van der Waals surface area contributed by atoms with E-state index in [1.807, 2.05) is 0 Å². The molecule has 1 aromatic heterocycles. The second-order valence-electron chi connectivity index (χ2n) is 5.01. The maximum Gasteiger partial charge on any atom is 0.110 e. The third-order valence-corrected chi connectivity index (χ3v) is 4.31. The van der Waals surface area contributed by atoms with Crippen molar-refractivity contribution in [3.8, 4) is 0 Å². The minimum Gasteiger partial charge on any atom is -0.305 e. The van der Waals surface area contributed by atoms with Crippen LogP contribution in [-0.2, 0) is 6.42 Å². The van der Waals surface area contributed by atoms with Gasteiger partial charge in [-0.15, -0.1) is 11.3 Å². The Hall–Kier alpha value is -1.19. The Morgan fingerprint density at radius 2 is 2.11 bits per heavy atom. The summed E-state index contributed by atoms with van der Waals surface area (Å²) in [6, 6.07) is 11.8. The van der Waals surface area contributed by atoms with Gasteiger partial charge in [0.2, 0.25) is 0 Å². The predicted octanol–water partition coefficient (Wildman–Crippen LogP) is 3.49. The quantitative estimate of drug-likeness (QED) is 0.888. The van der Waals surface area contributed by atoms with E-state index in [1.54, 1.807) is 11.3 Å². The van der Waals surface area contributed by atoms with Crippen molar-refractivity contribution in [2.45, 2.75) is 38.3 Å². The van der Waals surface area contributed by atoms with E-state index in [0.717, 1.165) is 12.1 Å². The van der Waals surface area contributed by atoms with E-state index in [-0.39, 0.29) is 0 Å². The Morgan fingerprint density at radius 1 is 1.33 bits per heavy atom. The monoisotopic (exact) mass is 258 g/mol. The van der Waals surface area contributed by atoms with Gasteiger partial charge in [-0.2, -0.15) is 0 Å². The van der Waals surface area contributed by atoms with Gasteiger partial charge < -0.3 is 5.32 Å². The lowest BCUT2D eigenvalue weighted by Gasteiger charge is -2.16. The Balaban J connectivity index is 1.76. The number of hydrogen-bond donors (Lipinski definition) is 1. The second-order valence-corrected chi connectivity index (χ2v) is 5.90. The molecule has 1 unspecified atom stereocenters. The first-order chi connectivity index (χ1) is 8.81. The molecule has 0 spiro atoms. The molecule has 1 fully saturated rings. The first-order valence-electron chi connectivity index (χ1n) is 6.53. The molecular formula is C15H18N2S. The van der Waals surface area contributed by atoms with Gasteiger partial charge in [0.15, 0.2) is 0 Å². The van der Waals surface area contributed by atoms with Crippen molar-refractivity contribution in [2.24, 2.45) is 0 Å². The zero-order valence-electron chi connectivity index (χ0n) is 10.6. The molecule has 2 aromatic rings. The van der Waals surface area contributed by atoms with Gasteiger partial charge in [-0.25, -0.2) is 4.98 Å². The van der Waals surface area contributed by atoms with Gasteiger partial charge in [0.05, 0.1) is 6.04 Å². The maximum atomic E-state index is 4.64. The first kappa shape index (κ1) is 11.9. The van der Waals surface area contributed by atoms with Crippen LogP contribution in [0.4, 0.5) is 0 Å². The SMILES string of the molecule is Cc1csc(C(Cc2ccccc2)NC2CC2)n1. The van der Waals surface area contributed by atoms with Crippen LogP contribution in [0.1, 0.15) is 35.1 Å². The normalized spacial score (nSPS) is 16.7. The van der Waals surface area contributed by atoms with Gasteiger partial charge >= 0.3 is 0 Å². The molecule has 0 saturated heterocycles. The lowest BCUT2D eigenvalue weighted by molar-refractivity contribution is 0.524. The van der Waals surface area contributed by atoms with Crippen molar-refractivity contribution in [3.63, 3.8) is 0 Å². The number of thiazole rings is 1. The molecule has 1 aliphatic rings. The fraction of sp³-hybridized carbons (Fsp3) is 0.400. The van der Waals surface area contributed by atoms with E-state index in [1.165, 1.54) is 23.4 Å². The van der Waals surface area contributed by atoms with Gasteiger partial charge in [0.1, 0.15) is 5.01 Å². The number of aromatic nitrogens is 1. The van der Waals surface area contributed by atoms with Crippen LogP contribution in [0.3, 0.4) is 0 Å². The summed E-state index contributed by atoms with van der Waals surface area (Å²) in [5, 5.41) is 7.08. The average molecular weight is 258 g/mol. The zero-order valence-corrected chi connectivity index (χ0v) is 11.4. The number of nitrogens with one attached hydrogen (secondary N) is 1. The lowest BCUT2D eigenvalue weighted by atomic mass is 10.1. The molecule has 1 N–H and O–H groups in total. The Morgan fingerprint density at radius 3 is 2.72 bits per heavy atom. The van der Waals surface area contributed by atoms with Gasteiger partial charge in [-0.1, -0.05) is 30.3 Å². The number of benzene rings is 1. The van der Waals surface area contributed by atoms with Crippen molar-refractivity contribution in [2.75, 3.05) is 0 Å². The molecule has 0 amide bonds. The minimum atomic E-state index is 0.374. The fourth-order valence-electron chi connectivity index (χ4n) is 2.13. The van der Waals surface area contributed by atoms with Crippen LogP contribution < -0.4 is 5.32 Å². The summed E-state index contributed by atoms with van der Waals surface area (Å²) in [4.78, 5) is 4.64. The van der Waals surface area contributed by atoms with Crippen LogP contribution in [0.2, 0.25) is 0 Å². The summed E-state index contributed by atoms with van der Waals surface area (Å²) in [5.74, 6) is 0. The molecule has 1 aromatic carbocycles. The van der Waals surface area contributed by atoms with Crippen molar-refractivity contribution in [1.29, 1.82) is 0 Å². The van der Waals surface area contributed by atoms with Crippen molar-refractivity contribution >= 4 is 11.3 Å². The molecule has 1 saturated carbocycles.